The summed E-state index contributed by atoms with van der Waals surface area (Å²) in [5.41, 5.74) is -1.27. The zero-order valence-corrected chi connectivity index (χ0v) is 26.0. The number of alkyl halides is 5. The van der Waals surface area contributed by atoms with E-state index in [-0.39, 0.29) is 37.8 Å². The van der Waals surface area contributed by atoms with Crippen molar-refractivity contribution in [2.24, 2.45) is 17.3 Å². The van der Waals surface area contributed by atoms with Crippen molar-refractivity contribution in [1.29, 1.82) is 0 Å². The van der Waals surface area contributed by atoms with Crippen LogP contribution >= 0.6 is 0 Å². The monoisotopic (exact) mass is 634 g/mol. The van der Waals surface area contributed by atoms with Crippen LogP contribution in [-0.4, -0.2) is 53.4 Å². The summed E-state index contributed by atoms with van der Waals surface area (Å²) in [6, 6.07) is 7.10. The molecule has 2 fully saturated rings. The summed E-state index contributed by atoms with van der Waals surface area (Å²) < 4.78 is 82.1. The third kappa shape index (κ3) is 5.98. The first-order valence-corrected chi connectivity index (χ1v) is 15.4. The first-order valence-electron chi connectivity index (χ1n) is 15.4. The third-order valence-corrected chi connectivity index (χ3v) is 10.1. The van der Waals surface area contributed by atoms with E-state index in [1.807, 2.05) is 0 Å². The van der Waals surface area contributed by atoms with Gasteiger partial charge in [-0.15, -0.1) is 0 Å². The van der Waals surface area contributed by atoms with Gasteiger partial charge in [-0.1, -0.05) is 36.5 Å². The molecule has 5 nitrogen and oxygen atoms in total. The second-order valence-corrected chi connectivity index (χ2v) is 14.0. The number of ether oxygens (including phenoxy) is 2. The van der Waals surface area contributed by atoms with Crippen LogP contribution in [0.4, 0.5) is 22.0 Å². The second-order valence-electron chi connectivity index (χ2n) is 14.0. The second kappa shape index (κ2) is 11.6. The molecule has 0 aromatic heterocycles. The number of carbonyl (C=O) groups excluding carboxylic acids is 2. The summed E-state index contributed by atoms with van der Waals surface area (Å²) in [5.74, 6) is -1.33. The average molecular weight is 635 g/mol. The van der Waals surface area contributed by atoms with Crippen LogP contribution in [0.1, 0.15) is 89.7 Å². The van der Waals surface area contributed by atoms with Crippen molar-refractivity contribution in [2.75, 3.05) is 13.2 Å². The highest BCUT2D eigenvalue weighted by molar-refractivity contribution is 5.93. The molecule has 0 aliphatic heterocycles. The van der Waals surface area contributed by atoms with Crippen LogP contribution in [0.3, 0.4) is 0 Å². The highest BCUT2D eigenvalue weighted by Gasteiger charge is 2.79. The molecular weight excluding hydrogens is 595 g/mol. The van der Waals surface area contributed by atoms with E-state index in [1.54, 1.807) is 51.1 Å². The van der Waals surface area contributed by atoms with E-state index in [0.29, 0.717) is 31.2 Å². The molecule has 0 saturated heterocycles. The molecule has 2 unspecified atom stereocenters. The molecule has 0 radical (unpaired) electrons. The van der Waals surface area contributed by atoms with Gasteiger partial charge >= 0.3 is 18.1 Å². The van der Waals surface area contributed by atoms with Crippen LogP contribution in [0.25, 0.3) is 0 Å². The maximum atomic E-state index is 15.2. The number of aliphatic hydroxyl groups is 1. The molecule has 244 valence electrons. The number of esters is 1. The Morgan fingerprint density at radius 1 is 1.04 bits per heavy atom. The van der Waals surface area contributed by atoms with Crippen molar-refractivity contribution in [3.63, 3.8) is 0 Å². The number of fused-ring (bicyclic) bond motifs is 4. The van der Waals surface area contributed by atoms with E-state index in [4.69, 9.17) is 9.47 Å². The van der Waals surface area contributed by atoms with E-state index in [1.165, 1.54) is 6.92 Å². The highest BCUT2D eigenvalue weighted by Crippen LogP contribution is 2.70. The van der Waals surface area contributed by atoms with Gasteiger partial charge in [0.2, 0.25) is 0 Å². The lowest BCUT2D eigenvalue weighted by Gasteiger charge is -2.56. The Morgan fingerprint density at radius 2 is 1.73 bits per heavy atom. The summed E-state index contributed by atoms with van der Waals surface area (Å²) in [5, 5.41) is 11.4. The lowest BCUT2D eigenvalue weighted by atomic mass is 9.50. The molecule has 1 N–H and O–H groups in total. The number of allylic oxidation sites excluding steroid dienone is 4. The first-order chi connectivity index (χ1) is 20.9. The normalized spacial score (nSPS) is 30.0. The molecular formula is C35H39F5O5. The summed E-state index contributed by atoms with van der Waals surface area (Å²) >= 11 is 0. The van der Waals surface area contributed by atoms with Crippen LogP contribution in [0, 0.1) is 29.1 Å². The molecule has 5 atom stereocenters. The summed E-state index contributed by atoms with van der Waals surface area (Å²) in [6.07, 6.45) is -3.00. The molecule has 4 aliphatic carbocycles. The summed E-state index contributed by atoms with van der Waals surface area (Å²) in [7, 11) is 0. The lowest BCUT2D eigenvalue weighted by molar-refractivity contribution is -0.362. The molecule has 2 saturated carbocycles. The Bertz CT molecular complexity index is 1470. The van der Waals surface area contributed by atoms with Gasteiger partial charge < -0.3 is 14.6 Å². The Balaban J connectivity index is 1.45. The molecule has 10 heteroatoms. The number of benzene rings is 1. The average Bonchev–Trinajstić information content (AvgIpc) is 3.22. The van der Waals surface area contributed by atoms with Crippen molar-refractivity contribution in [3.05, 3.63) is 58.2 Å². The molecule has 0 spiro atoms. The Labute approximate surface area is 260 Å². The van der Waals surface area contributed by atoms with Gasteiger partial charge in [-0.25, -0.2) is 4.79 Å². The number of carbonyl (C=O) groups is 2. The van der Waals surface area contributed by atoms with E-state index in [9.17, 15) is 27.9 Å². The van der Waals surface area contributed by atoms with Crippen molar-refractivity contribution in [2.45, 2.75) is 102 Å². The van der Waals surface area contributed by atoms with E-state index in [0.717, 1.165) is 22.3 Å². The molecule has 4 aliphatic rings. The van der Waals surface area contributed by atoms with Crippen molar-refractivity contribution < 1.29 is 46.1 Å². The van der Waals surface area contributed by atoms with Crippen LogP contribution in [0.2, 0.25) is 0 Å². The summed E-state index contributed by atoms with van der Waals surface area (Å²) in [4.78, 5) is 24.0. The summed E-state index contributed by atoms with van der Waals surface area (Å²) in [6.45, 7) is 6.41. The van der Waals surface area contributed by atoms with Gasteiger partial charge in [0.25, 0.3) is 0 Å². The maximum Gasteiger partial charge on any atom is 0.456 e. The predicted molar refractivity (Wildman–Crippen MR) is 156 cm³/mol. The number of ketones is 1. The fourth-order valence-corrected chi connectivity index (χ4v) is 8.21. The standard InChI is InChI=1S/C35H39F5O5/c1-31(2,3)45-29(42)20-44-17-5-6-21-7-9-22(10-8-21)27-19-32(4)28(15-16-33(32,43)34(36,37)35(38,39)40)26-13-11-23-18-24(41)12-14-25(23)30(26)27/h7-10,18,26-28,43H,11-17,19-20H2,1-4H3/t26?,27-,28?,32+,33+/m1/s1. The SMILES string of the molecule is CC(C)(C)OC(=O)COCC#Cc1ccc([C@H]2C[C@@]3(C)C(CC[C@@]3(O)C(F)(F)C(F)(F)F)C3CCC4=CC(=O)CCC4=C32)cc1. The van der Waals surface area contributed by atoms with Crippen LogP contribution in [0.5, 0.6) is 0 Å². The number of hydrogen-bond donors (Lipinski definition) is 1. The van der Waals surface area contributed by atoms with Crippen LogP contribution < -0.4 is 0 Å². The molecule has 0 amide bonds. The van der Waals surface area contributed by atoms with Gasteiger partial charge in [-0.2, -0.15) is 22.0 Å². The zero-order valence-electron chi connectivity index (χ0n) is 26.0. The molecule has 0 heterocycles. The lowest BCUT2D eigenvalue weighted by Crippen LogP contribution is -2.65. The minimum atomic E-state index is -5.89. The minimum Gasteiger partial charge on any atom is -0.458 e. The van der Waals surface area contributed by atoms with Gasteiger partial charge in [0.05, 0.1) is 0 Å². The number of halogens is 5. The van der Waals surface area contributed by atoms with Gasteiger partial charge in [0, 0.05) is 23.3 Å². The zero-order chi connectivity index (χ0) is 33.0. The Morgan fingerprint density at radius 3 is 2.38 bits per heavy atom. The third-order valence-electron chi connectivity index (χ3n) is 10.1. The number of rotatable bonds is 5. The van der Waals surface area contributed by atoms with E-state index >= 15 is 8.78 Å². The van der Waals surface area contributed by atoms with E-state index < -0.39 is 52.9 Å². The maximum absolute atomic E-state index is 15.2. The van der Waals surface area contributed by atoms with Crippen molar-refractivity contribution in [1.82, 2.24) is 0 Å². The Hall–Kier alpha value is -3.03. The smallest absolute Gasteiger partial charge is 0.456 e. The highest BCUT2D eigenvalue weighted by atomic mass is 19.4. The van der Waals surface area contributed by atoms with Gasteiger partial charge in [-0.3, -0.25) is 4.79 Å². The molecule has 5 rings (SSSR count). The fraction of sp³-hybridized carbons (Fsp3) is 0.600. The fourth-order valence-electron chi connectivity index (χ4n) is 8.21. The quantitative estimate of drug-likeness (QED) is 0.160. The topological polar surface area (TPSA) is 72.8 Å². The first kappa shape index (κ1) is 33.3. The molecule has 0 bridgehead atoms. The van der Waals surface area contributed by atoms with Crippen LogP contribution in [-0.2, 0) is 19.1 Å². The van der Waals surface area contributed by atoms with Crippen LogP contribution in [0.15, 0.2) is 47.1 Å². The van der Waals surface area contributed by atoms with Gasteiger partial charge in [0.15, 0.2) is 5.78 Å². The predicted octanol–water partition coefficient (Wildman–Crippen LogP) is 7.22. The molecule has 45 heavy (non-hydrogen) atoms. The van der Waals surface area contributed by atoms with Gasteiger partial charge in [-0.05, 0) is 106 Å². The van der Waals surface area contributed by atoms with Crippen molar-refractivity contribution in [3.8, 4) is 11.8 Å². The number of hydrogen-bond acceptors (Lipinski definition) is 5. The minimum absolute atomic E-state index is 0.0128. The van der Waals surface area contributed by atoms with Crippen molar-refractivity contribution >= 4 is 11.8 Å². The Kier molecular flexibility index (Phi) is 8.63. The van der Waals surface area contributed by atoms with Gasteiger partial charge in [0.1, 0.15) is 24.4 Å². The molecule has 1 aromatic rings. The molecule has 1 aromatic carbocycles. The van der Waals surface area contributed by atoms with E-state index in [2.05, 4.69) is 11.8 Å². The largest absolute Gasteiger partial charge is 0.458 e.